The van der Waals surface area contributed by atoms with E-state index >= 15 is 0 Å². The zero-order valence-electron chi connectivity index (χ0n) is 14.4. The summed E-state index contributed by atoms with van der Waals surface area (Å²) >= 11 is 0. The first-order valence-corrected chi connectivity index (χ1v) is 9.75. The Morgan fingerprint density at radius 2 is 1.85 bits per heavy atom. The normalized spacial score (nSPS) is 14.4. The quantitative estimate of drug-likeness (QED) is 0.805. The van der Waals surface area contributed by atoms with E-state index in [0.717, 1.165) is 24.6 Å². The van der Waals surface area contributed by atoms with Gasteiger partial charge in [0.2, 0.25) is 10.0 Å². The Morgan fingerprint density at radius 3 is 2.54 bits per heavy atom. The molecule has 0 unspecified atom stereocenters. The lowest BCUT2D eigenvalue weighted by Gasteiger charge is -2.15. The number of benzene rings is 2. The van der Waals surface area contributed by atoms with Crippen LogP contribution in [0.2, 0.25) is 0 Å². The third-order valence-electron chi connectivity index (χ3n) is 4.07. The van der Waals surface area contributed by atoms with Crippen LogP contribution in [0.1, 0.15) is 11.1 Å². The summed E-state index contributed by atoms with van der Waals surface area (Å²) in [6, 6.07) is 12.6. The van der Waals surface area contributed by atoms with Gasteiger partial charge < -0.3 is 10.2 Å². The molecule has 0 fully saturated rings. The monoisotopic (exact) mass is 376 g/mol. The van der Waals surface area contributed by atoms with Crippen molar-refractivity contribution in [3.05, 3.63) is 65.5 Å². The molecular weight excluding hydrogens is 355 g/mol. The van der Waals surface area contributed by atoms with Gasteiger partial charge in [0.1, 0.15) is 5.82 Å². The fourth-order valence-electron chi connectivity index (χ4n) is 2.64. The average molecular weight is 376 g/mol. The van der Waals surface area contributed by atoms with E-state index in [1.807, 2.05) is 18.0 Å². The maximum absolute atomic E-state index is 13.2. The van der Waals surface area contributed by atoms with Gasteiger partial charge in [0, 0.05) is 26.7 Å². The molecular formula is C18H21FN4O2S. The topological polar surface area (TPSA) is 73.8 Å². The van der Waals surface area contributed by atoms with Crippen molar-refractivity contribution >= 4 is 16.0 Å². The summed E-state index contributed by atoms with van der Waals surface area (Å²) in [5, 5.41) is 3.21. The molecule has 0 saturated carbocycles. The number of halogens is 1. The number of guanidine groups is 1. The van der Waals surface area contributed by atoms with E-state index in [0.29, 0.717) is 12.1 Å². The van der Waals surface area contributed by atoms with Crippen molar-refractivity contribution in [2.24, 2.45) is 4.99 Å². The van der Waals surface area contributed by atoms with Gasteiger partial charge in [-0.05, 0) is 35.4 Å². The molecule has 0 aromatic heterocycles. The highest BCUT2D eigenvalue weighted by Crippen LogP contribution is 2.13. The largest absolute Gasteiger partial charge is 0.352 e. The van der Waals surface area contributed by atoms with Gasteiger partial charge in [-0.2, -0.15) is 0 Å². The first kappa shape index (κ1) is 18.3. The lowest BCUT2D eigenvalue weighted by atomic mass is 10.2. The second-order valence-corrected chi connectivity index (χ2v) is 7.85. The molecule has 2 aromatic carbocycles. The Balaban J connectivity index is 1.65. The van der Waals surface area contributed by atoms with Crippen LogP contribution in [0.4, 0.5) is 4.39 Å². The minimum absolute atomic E-state index is 0.0319. The molecule has 26 heavy (non-hydrogen) atoms. The molecule has 6 nitrogen and oxygen atoms in total. The van der Waals surface area contributed by atoms with E-state index in [2.05, 4.69) is 15.0 Å². The molecule has 138 valence electrons. The second kappa shape index (κ2) is 7.84. The molecule has 2 aromatic rings. The van der Waals surface area contributed by atoms with Gasteiger partial charge in [-0.25, -0.2) is 17.5 Å². The highest BCUT2D eigenvalue weighted by molar-refractivity contribution is 7.89. The van der Waals surface area contributed by atoms with Crippen molar-refractivity contribution in [3.8, 4) is 0 Å². The van der Waals surface area contributed by atoms with Crippen molar-refractivity contribution in [1.29, 1.82) is 0 Å². The van der Waals surface area contributed by atoms with Crippen molar-refractivity contribution in [2.45, 2.75) is 18.0 Å². The van der Waals surface area contributed by atoms with Crippen LogP contribution in [0.15, 0.2) is 58.4 Å². The Hall–Kier alpha value is -2.45. The molecule has 0 aliphatic carbocycles. The molecule has 1 aliphatic heterocycles. The lowest BCUT2D eigenvalue weighted by Crippen LogP contribution is -2.35. The van der Waals surface area contributed by atoms with Crippen LogP contribution < -0.4 is 10.0 Å². The van der Waals surface area contributed by atoms with Crippen molar-refractivity contribution in [2.75, 3.05) is 20.1 Å². The molecule has 0 saturated heterocycles. The maximum Gasteiger partial charge on any atom is 0.240 e. The van der Waals surface area contributed by atoms with Crippen LogP contribution in [0.5, 0.6) is 0 Å². The van der Waals surface area contributed by atoms with Gasteiger partial charge in [-0.3, -0.25) is 4.99 Å². The van der Waals surface area contributed by atoms with Gasteiger partial charge >= 0.3 is 0 Å². The van der Waals surface area contributed by atoms with Crippen molar-refractivity contribution in [3.63, 3.8) is 0 Å². The first-order chi connectivity index (χ1) is 12.4. The zero-order valence-corrected chi connectivity index (χ0v) is 15.3. The van der Waals surface area contributed by atoms with E-state index in [1.54, 1.807) is 24.3 Å². The first-order valence-electron chi connectivity index (χ1n) is 8.26. The molecule has 3 rings (SSSR count). The number of aliphatic imine (C=N–C) groups is 1. The van der Waals surface area contributed by atoms with Crippen LogP contribution in [-0.4, -0.2) is 39.4 Å². The van der Waals surface area contributed by atoms with Gasteiger partial charge in [-0.15, -0.1) is 0 Å². The van der Waals surface area contributed by atoms with E-state index in [-0.39, 0.29) is 11.4 Å². The van der Waals surface area contributed by atoms with Crippen LogP contribution in [0, 0.1) is 5.82 Å². The number of nitrogens with zero attached hydrogens (tertiary/aromatic N) is 2. The Bertz CT molecular complexity index is 915. The van der Waals surface area contributed by atoms with Gasteiger partial charge in [0.05, 0.1) is 11.4 Å². The highest BCUT2D eigenvalue weighted by Gasteiger charge is 2.15. The molecule has 0 bridgehead atoms. The predicted molar refractivity (Wildman–Crippen MR) is 98.6 cm³/mol. The molecule has 0 amide bonds. The summed E-state index contributed by atoms with van der Waals surface area (Å²) in [7, 11) is -1.73. The van der Waals surface area contributed by atoms with E-state index in [4.69, 9.17) is 0 Å². The van der Waals surface area contributed by atoms with E-state index in [1.165, 1.54) is 18.2 Å². The van der Waals surface area contributed by atoms with Crippen LogP contribution in [0.25, 0.3) is 0 Å². The highest BCUT2D eigenvalue weighted by atomic mass is 32.2. The fraction of sp³-hybridized carbons (Fsp3) is 0.278. The third-order valence-corrected chi connectivity index (χ3v) is 5.47. The number of hydrogen-bond acceptors (Lipinski definition) is 5. The van der Waals surface area contributed by atoms with Crippen LogP contribution in [-0.2, 0) is 23.1 Å². The molecule has 1 aliphatic rings. The number of rotatable bonds is 6. The number of nitrogens with one attached hydrogen (secondary N) is 2. The number of sulfonamides is 1. The fourth-order valence-corrected chi connectivity index (χ4v) is 3.72. The predicted octanol–water partition coefficient (Wildman–Crippen LogP) is 1.70. The molecule has 0 atom stereocenters. The second-order valence-electron chi connectivity index (χ2n) is 6.08. The summed E-state index contributed by atoms with van der Waals surface area (Å²) in [5.74, 6) is 0.414. The molecule has 0 spiro atoms. The van der Waals surface area contributed by atoms with Crippen molar-refractivity contribution in [1.82, 2.24) is 14.9 Å². The Labute approximate surface area is 152 Å². The summed E-state index contributed by atoms with van der Waals surface area (Å²) < 4.78 is 40.7. The molecule has 8 heteroatoms. The smallest absolute Gasteiger partial charge is 0.240 e. The molecule has 2 N–H and O–H groups in total. The van der Waals surface area contributed by atoms with Crippen LogP contribution in [0.3, 0.4) is 0 Å². The zero-order chi connectivity index (χ0) is 18.6. The Morgan fingerprint density at radius 1 is 1.12 bits per heavy atom. The van der Waals surface area contributed by atoms with Gasteiger partial charge in [0.25, 0.3) is 0 Å². The summed E-state index contributed by atoms with van der Waals surface area (Å²) in [5.41, 5.74) is 1.40. The van der Waals surface area contributed by atoms with E-state index in [9.17, 15) is 12.8 Å². The minimum Gasteiger partial charge on any atom is -0.352 e. The lowest BCUT2D eigenvalue weighted by molar-refractivity contribution is 0.534. The van der Waals surface area contributed by atoms with Crippen LogP contribution >= 0.6 is 0 Å². The van der Waals surface area contributed by atoms with E-state index < -0.39 is 15.8 Å². The molecule has 1 heterocycles. The average Bonchev–Trinajstić information content (AvgIpc) is 3.04. The van der Waals surface area contributed by atoms with Gasteiger partial charge in [0.15, 0.2) is 5.96 Å². The maximum atomic E-state index is 13.2. The van der Waals surface area contributed by atoms with Gasteiger partial charge in [-0.1, -0.05) is 24.3 Å². The minimum atomic E-state index is -3.68. The summed E-state index contributed by atoms with van der Waals surface area (Å²) in [4.78, 5) is 6.53. The standard InChI is InChI=1S/C18H21FN4O2S/c1-23-9-8-20-18(23)21-12-15-5-3-7-17(11-15)26(24,25)22-13-14-4-2-6-16(19)10-14/h2-7,10-11,22H,8-9,12-13H2,1H3,(H,20,21). The molecule has 0 radical (unpaired) electrons. The number of likely N-dealkylation sites (N-methyl/N-ethyl adjacent to an activating group) is 1. The summed E-state index contributed by atoms with van der Waals surface area (Å²) in [6.07, 6.45) is 0. The summed E-state index contributed by atoms with van der Waals surface area (Å²) in [6.45, 7) is 2.15. The SMILES string of the molecule is CN1CCN=C1NCc1cccc(S(=O)(=O)NCc2cccc(F)c2)c1. The van der Waals surface area contributed by atoms with Crippen molar-refractivity contribution < 1.29 is 12.8 Å². The Kier molecular flexibility index (Phi) is 5.53. The number of hydrogen-bond donors (Lipinski definition) is 2. The third kappa shape index (κ3) is 4.59.